The number of ether oxygens (including phenoxy) is 4. The number of hydrogen-bond donors (Lipinski definition) is 0. The van der Waals surface area contributed by atoms with E-state index in [1.807, 2.05) is 36.4 Å². The molecule has 0 aliphatic carbocycles. The van der Waals surface area contributed by atoms with Gasteiger partial charge < -0.3 is 18.9 Å². The van der Waals surface area contributed by atoms with Crippen LogP contribution in [-0.2, 0) is 18.9 Å². The van der Waals surface area contributed by atoms with Gasteiger partial charge >= 0.3 is 0 Å². The van der Waals surface area contributed by atoms with Crippen LogP contribution in [0.5, 0.6) is 0 Å². The summed E-state index contributed by atoms with van der Waals surface area (Å²) in [5.41, 5.74) is 9.62. The van der Waals surface area contributed by atoms with Gasteiger partial charge in [-0.2, -0.15) is 0 Å². The second-order valence-corrected chi connectivity index (χ2v) is 8.80. The Labute approximate surface area is 188 Å². The van der Waals surface area contributed by atoms with Gasteiger partial charge in [-0.15, -0.1) is 0 Å². The highest BCUT2D eigenvalue weighted by Gasteiger charge is 2.50. The smallest absolute Gasteiger partial charge is 0.184 e. The lowest BCUT2D eigenvalue weighted by atomic mass is 9.96. The summed E-state index contributed by atoms with van der Waals surface area (Å²) >= 11 is 13.6. The van der Waals surface area contributed by atoms with Crippen LogP contribution in [0.2, 0.25) is 10.0 Å². The Morgan fingerprint density at radius 3 is 2.63 bits per heavy atom. The average Bonchev–Trinajstić information content (AvgIpc) is 2.77. The fourth-order valence-corrected chi connectivity index (χ4v) is 5.14. The van der Waals surface area contributed by atoms with Gasteiger partial charge in [0.25, 0.3) is 0 Å². The minimum absolute atomic E-state index is 0.302. The lowest BCUT2D eigenvalue weighted by Gasteiger charge is -2.47. The quantitative estimate of drug-likeness (QED) is 0.323. The van der Waals surface area contributed by atoms with Gasteiger partial charge in [0.1, 0.15) is 23.7 Å². The van der Waals surface area contributed by atoms with Gasteiger partial charge in [0.15, 0.2) is 6.29 Å². The Morgan fingerprint density at radius 1 is 1.13 bits per heavy atom. The number of thioether (sulfide) groups is 1. The van der Waals surface area contributed by atoms with Crippen molar-refractivity contribution in [1.82, 2.24) is 0 Å². The van der Waals surface area contributed by atoms with Crippen LogP contribution in [0.25, 0.3) is 10.4 Å². The molecule has 0 spiro atoms. The zero-order chi connectivity index (χ0) is 21.1. The molecule has 0 aromatic heterocycles. The number of fused-ring (bicyclic) bond motifs is 1. The summed E-state index contributed by atoms with van der Waals surface area (Å²) in [4.78, 5) is 3.89. The topological polar surface area (TPSA) is 85.7 Å². The van der Waals surface area contributed by atoms with Gasteiger partial charge in [0.2, 0.25) is 0 Å². The van der Waals surface area contributed by atoms with Crippen molar-refractivity contribution < 1.29 is 18.9 Å². The van der Waals surface area contributed by atoms with E-state index in [1.54, 1.807) is 19.2 Å². The first kappa shape index (κ1) is 21.7. The van der Waals surface area contributed by atoms with Crippen LogP contribution in [0.4, 0.5) is 0 Å². The largest absolute Gasteiger partial charge is 0.377 e. The molecule has 0 saturated carbocycles. The van der Waals surface area contributed by atoms with Gasteiger partial charge in [0, 0.05) is 22.5 Å². The van der Waals surface area contributed by atoms with E-state index in [4.69, 9.17) is 42.1 Å². The molecule has 6 atom stereocenters. The predicted octanol–water partition coefficient (Wildman–Crippen LogP) is 5.62. The summed E-state index contributed by atoms with van der Waals surface area (Å²) in [6.07, 6.45) is -2.01. The standard InChI is InChI=1S/C20H19Cl2N3O4S/c1-26-18-16(24-25-23)17-15(10-27-19(29-17)11-5-3-2-4-6-11)28-20(18)30-12-7-8-13(21)14(22)9-12/h2-9,15-20H,10H2,1H3/t15?,16-,17-,18?,19?,20+/m0/s1. The number of hydrogen-bond acceptors (Lipinski definition) is 6. The van der Waals surface area contributed by atoms with Crippen LogP contribution >= 0.6 is 35.0 Å². The first-order valence-electron chi connectivity index (χ1n) is 9.27. The highest BCUT2D eigenvalue weighted by atomic mass is 35.5. The Morgan fingerprint density at radius 2 is 1.93 bits per heavy atom. The second kappa shape index (κ2) is 9.77. The van der Waals surface area contributed by atoms with Crippen LogP contribution in [0.1, 0.15) is 11.9 Å². The lowest BCUT2D eigenvalue weighted by Crippen LogP contribution is -2.60. The summed E-state index contributed by atoms with van der Waals surface area (Å²) in [7, 11) is 1.56. The maximum atomic E-state index is 9.18. The number of benzene rings is 2. The molecule has 0 radical (unpaired) electrons. The lowest BCUT2D eigenvalue weighted by molar-refractivity contribution is -0.298. The number of azide groups is 1. The van der Waals surface area contributed by atoms with Gasteiger partial charge in [-0.3, -0.25) is 0 Å². The monoisotopic (exact) mass is 467 g/mol. The van der Waals surface area contributed by atoms with Crippen LogP contribution < -0.4 is 0 Å². The van der Waals surface area contributed by atoms with E-state index < -0.39 is 36.1 Å². The number of rotatable bonds is 5. The van der Waals surface area contributed by atoms with E-state index in [2.05, 4.69) is 10.0 Å². The highest BCUT2D eigenvalue weighted by Crippen LogP contribution is 2.41. The predicted molar refractivity (Wildman–Crippen MR) is 115 cm³/mol. The van der Waals surface area contributed by atoms with Gasteiger partial charge in [-0.05, 0) is 23.7 Å². The Balaban J connectivity index is 1.57. The molecule has 2 saturated heterocycles. The van der Waals surface area contributed by atoms with Crippen LogP contribution in [0.15, 0.2) is 58.5 Å². The average molecular weight is 468 g/mol. The molecule has 2 heterocycles. The molecule has 10 heteroatoms. The van der Waals surface area contributed by atoms with E-state index >= 15 is 0 Å². The third-order valence-electron chi connectivity index (χ3n) is 4.98. The van der Waals surface area contributed by atoms with Crippen molar-refractivity contribution >= 4 is 35.0 Å². The first-order chi connectivity index (χ1) is 14.6. The molecule has 7 nitrogen and oxygen atoms in total. The van der Waals surface area contributed by atoms with Crippen molar-refractivity contribution in [3.8, 4) is 0 Å². The van der Waals surface area contributed by atoms with Crippen molar-refractivity contribution in [2.75, 3.05) is 13.7 Å². The fraction of sp³-hybridized carbons (Fsp3) is 0.400. The summed E-state index contributed by atoms with van der Waals surface area (Å²) in [5, 5.41) is 4.93. The molecule has 0 N–H and O–H groups in total. The maximum absolute atomic E-state index is 9.18. The molecular formula is C20H19Cl2N3O4S. The molecule has 3 unspecified atom stereocenters. The summed E-state index contributed by atoms with van der Waals surface area (Å²) in [6.45, 7) is 0.302. The van der Waals surface area contributed by atoms with E-state index in [-0.39, 0.29) is 0 Å². The van der Waals surface area contributed by atoms with Crippen molar-refractivity contribution in [2.24, 2.45) is 5.11 Å². The van der Waals surface area contributed by atoms with Crippen LogP contribution in [0, 0.1) is 0 Å². The van der Waals surface area contributed by atoms with E-state index in [0.717, 1.165) is 10.5 Å². The Bertz CT molecular complexity index is 932. The molecule has 2 aromatic carbocycles. The summed E-state index contributed by atoms with van der Waals surface area (Å²) in [5.74, 6) is 0. The van der Waals surface area contributed by atoms with Crippen LogP contribution in [-0.4, -0.2) is 43.5 Å². The van der Waals surface area contributed by atoms with Crippen molar-refractivity contribution in [2.45, 2.75) is 41.0 Å². The Hall–Kier alpha value is -1.48. The number of nitrogens with zero attached hydrogens (tertiary/aromatic N) is 3. The van der Waals surface area contributed by atoms with E-state index in [1.165, 1.54) is 11.8 Å². The minimum Gasteiger partial charge on any atom is -0.377 e. The molecule has 158 valence electrons. The first-order valence-corrected chi connectivity index (χ1v) is 10.9. The summed E-state index contributed by atoms with van der Waals surface area (Å²) in [6, 6.07) is 14.4. The number of methoxy groups -OCH3 is 1. The maximum Gasteiger partial charge on any atom is 0.184 e. The fourth-order valence-electron chi connectivity index (χ4n) is 3.57. The molecule has 30 heavy (non-hydrogen) atoms. The normalized spacial score (nSPS) is 30.9. The zero-order valence-corrected chi connectivity index (χ0v) is 18.3. The van der Waals surface area contributed by atoms with Crippen molar-refractivity contribution in [3.05, 3.63) is 74.6 Å². The summed E-state index contributed by atoms with van der Waals surface area (Å²) < 4.78 is 24.0. The Kier molecular flexibility index (Phi) is 7.08. The molecule has 2 fully saturated rings. The van der Waals surface area contributed by atoms with Gasteiger partial charge in [-0.25, -0.2) is 0 Å². The molecule has 2 aliphatic heterocycles. The highest BCUT2D eigenvalue weighted by molar-refractivity contribution is 7.99. The van der Waals surface area contributed by atoms with Crippen molar-refractivity contribution in [3.63, 3.8) is 0 Å². The van der Waals surface area contributed by atoms with E-state index in [0.29, 0.717) is 16.7 Å². The molecule has 0 amide bonds. The van der Waals surface area contributed by atoms with E-state index in [9.17, 15) is 5.53 Å². The molecular weight excluding hydrogens is 449 g/mol. The number of halogens is 2. The zero-order valence-electron chi connectivity index (χ0n) is 15.9. The molecule has 4 rings (SSSR count). The van der Waals surface area contributed by atoms with Gasteiger partial charge in [0.05, 0.1) is 22.7 Å². The van der Waals surface area contributed by atoms with Crippen LogP contribution in [0.3, 0.4) is 0 Å². The third kappa shape index (κ3) is 4.56. The van der Waals surface area contributed by atoms with Gasteiger partial charge in [-0.1, -0.05) is 70.4 Å². The molecule has 2 aliphatic rings. The third-order valence-corrected chi connectivity index (χ3v) is 6.86. The second-order valence-electron chi connectivity index (χ2n) is 6.81. The SMILES string of the molecule is COC1[C@@H](Sc2ccc(Cl)c(Cl)c2)OC2COC(c3ccccc3)O[C@@H]2[C@@H]1N=[N+]=[N-]. The molecule has 0 bridgehead atoms. The minimum atomic E-state index is -0.589. The molecule has 2 aromatic rings. The van der Waals surface area contributed by atoms with Crippen molar-refractivity contribution in [1.29, 1.82) is 0 Å².